The van der Waals surface area contributed by atoms with Crippen molar-refractivity contribution in [2.24, 2.45) is 11.8 Å². The predicted molar refractivity (Wildman–Crippen MR) is 83.4 cm³/mol. The van der Waals surface area contributed by atoms with E-state index in [9.17, 15) is 8.42 Å². The van der Waals surface area contributed by atoms with E-state index >= 15 is 0 Å². The first-order valence-electron chi connectivity index (χ1n) is 7.91. The second-order valence-corrected chi connectivity index (χ2v) is 8.07. The lowest BCUT2D eigenvalue weighted by Crippen LogP contribution is -2.31. The number of nitrogens with zero attached hydrogens (tertiary/aromatic N) is 1. The highest BCUT2D eigenvalue weighted by Crippen LogP contribution is 2.40. The molecule has 4 nitrogen and oxygen atoms in total. The van der Waals surface area contributed by atoms with Crippen LogP contribution >= 0.6 is 0 Å². The van der Waals surface area contributed by atoms with E-state index in [0.717, 1.165) is 12.1 Å². The lowest BCUT2D eigenvalue weighted by molar-refractivity contribution is 0.444. The summed E-state index contributed by atoms with van der Waals surface area (Å²) in [6.07, 6.45) is 3.64. The van der Waals surface area contributed by atoms with E-state index in [2.05, 4.69) is 5.32 Å². The van der Waals surface area contributed by atoms with E-state index < -0.39 is 10.0 Å². The van der Waals surface area contributed by atoms with E-state index in [4.69, 9.17) is 0 Å². The summed E-state index contributed by atoms with van der Waals surface area (Å²) >= 11 is 0. The molecule has 0 amide bonds. The largest absolute Gasteiger partial charge is 0.313 e. The minimum absolute atomic E-state index is 0.478. The van der Waals surface area contributed by atoms with E-state index in [1.165, 1.54) is 19.3 Å². The van der Waals surface area contributed by atoms with E-state index in [1.807, 2.05) is 25.1 Å². The molecule has 1 aliphatic heterocycles. The van der Waals surface area contributed by atoms with Crippen molar-refractivity contribution in [3.63, 3.8) is 0 Å². The number of rotatable bonds is 5. The maximum absolute atomic E-state index is 12.9. The van der Waals surface area contributed by atoms with Gasteiger partial charge >= 0.3 is 0 Å². The molecule has 0 spiro atoms. The molecule has 21 heavy (non-hydrogen) atoms. The Labute approximate surface area is 127 Å². The summed E-state index contributed by atoms with van der Waals surface area (Å²) in [5.41, 5.74) is 0.872. The zero-order valence-corrected chi connectivity index (χ0v) is 13.4. The van der Waals surface area contributed by atoms with Crippen molar-refractivity contribution >= 4 is 10.0 Å². The van der Waals surface area contributed by atoms with Crippen molar-refractivity contribution in [2.75, 3.05) is 19.6 Å². The molecule has 116 valence electrons. The topological polar surface area (TPSA) is 49.4 Å². The molecule has 2 unspecified atom stereocenters. The van der Waals surface area contributed by atoms with Gasteiger partial charge in [0.2, 0.25) is 10.0 Å². The van der Waals surface area contributed by atoms with Gasteiger partial charge in [0.1, 0.15) is 0 Å². The van der Waals surface area contributed by atoms with Crippen LogP contribution in [0.1, 0.15) is 31.7 Å². The van der Waals surface area contributed by atoms with Gasteiger partial charge in [-0.15, -0.1) is 0 Å². The van der Waals surface area contributed by atoms with Crippen LogP contribution in [-0.4, -0.2) is 32.4 Å². The van der Waals surface area contributed by atoms with Crippen molar-refractivity contribution in [3.8, 4) is 0 Å². The lowest BCUT2D eigenvalue weighted by Gasteiger charge is -2.19. The fourth-order valence-corrected chi connectivity index (χ4v) is 5.46. The Morgan fingerprint density at radius 2 is 1.86 bits per heavy atom. The second kappa shape index (κ2) is 6.07. The molecule has 1 aromatic rings. The highest BCUT2D eigenvalue weighted by molar-refractivity contribution is 7.89. The average Bonchev–Trinajstić information content (AvgIpc) is 3.07. The van der Waals surface area contributed by atoms with Gasteiger partial charge in [-0.3, -0.25) is 0 Å². The number of hydrogen-bond acceptors (Lipinski definition) is 3. The Morgan fingerprint density at radius 3 is 2.52 bits per heavy atom. The standard InChI is InChI=1S/C16H24N2O2S/c1-2-17-10-13-6-3-4-9-16(13)21(19,20)18-11-14-7-5-8-15(14)12-18/h3-4,6,9,14-15,17H,2,5,7-8,10-12H2,1H3. The van der Waals surface area contributed by atoms with Crippen molar-refractivity contribution < 1.29 is 8.42 Å². The van der Waals surface area contributed by atoms with Gasteiger partial charge in [0.25, 0.3) is 0 Å². The summed E-state index contributed by atoms with van der Waals surface area (Å²) in [5, 5.41) is 3.22. The van der Waals surface area contributed by atoms with Crippen molar-refractivity contribution in [2.45, 2.75) is 37.6 Å². The van der Waals surface area contributed by atoms with Crippen LogP contribution in [0.25, 0.3) is 0 Å². The zero-order chi connectivity index (χ0) is 14.9. The van der Waals surface area contributed by atoms with Crippen LogP contribution in [-0.2, 0) is 16.6 Å². The molecule has 2 fully saturated rings. The van der Waals surface area contributed by atoms with E-state index in [0.29, 0.717) is 36.4 Å². The van der Waals surface area contributed by atoms with Crippen LogP contribution in [0.5, 0.6) is 0 Å². The van der Waals surface area contributed by atoms with Crippen LogP contribution in [0.3, 0.4) is 0 Å². The van der Waals surface area contributed by atoms with Gasteiger partial charge < -0.3 is 5.32 Å². The molecule has 5 heteroatoms. The quantitative estimate of drug-likeness (QED) is 0.907. The van der Waals surface area contributed by atoms with Crippen molar-refractivity contribution in [1.29, 1.82) is 0 Å². The van der Waals surface area contributed by atoms with Crippen LogP contribution in [0.15, 0.2) is 29.2 Å². The first kappa shape index (κ1) is 15.0. The van der Waals surface area contributed by atoms with Gasteiger partial charge in [0, 0.05) is 19.6 Å². The molecule has 3 rings (SSSR count). The van der Waals surface area contributed by atoms with Crippen LogP contribution < -0.4 is 5.32 Å². The normalized spacial score (nSPS) is 26.1. The Balaban J connectivity index is 1.85. The highest BCUT2D eigenvalue weighted by atomic mass is 32.2. The summed E-state index contributed by atoms with van der Waals surface area (Å²) in [7, 11) is -3.35. The molecule has 2 atom stereocenters. The van der Waals surface area contributed by atoms with Gasteiger partial charge in [-0.2, -0.15) is 4.31 Å². The maximum atomic E-state index is 12.9. The fourth-order valence-electron chi connectivity index (χ4n) is 3.69. The van der Waals surface area contributed by atoms with Gasteiger partial charge in [0.15, 0.2) is 0 Å². The third-order valence-electron chi connectivity index (χ3n) is 4.85. The number of benzene rings is 1. The monoisotopic (exact) mass is 308 g/mol. The summed E-state index contributed by atoms with van der Waals surface area (Å²) in [5.74, 6) is 1.17. The molecule has 0 aromatic heterocycles. The third kappa shape index (κ3) is 2.87. The molecular weight excluding hydrogens is 284 g/mol. The third-order valence-corrected chi connectivity index (χ3v) is 6.78. The lowest BCUT2D eigenvalue weighted by atomic mass is 10.0. The number of sulfonamides is 1. The highest BCUT2D eigenvalue weighted by Gasteiger charge is 2.41. The summed E-state index contributed by atoms with van der Waals surface area (Å²) in [6.45, 7) is 4.89. The second-order valence-electron chi connectivity index (χ2n) is 6.16. The molecular formula is C16H24N2O2S. The minimum atomic E-state index is -3.35. The predicted octanol–water partition coefficient (Wildman–Crippen LogP) is 2.22. The summed E-state index contributed by atoms with van der Waals surface area (Å²) in [6, 6.07) is 7.38. The van der Waals surface area contributed by atoms with Gasteiger partial charge in [-0.05, 0) is 42.9 Å². The van der Waals surface area contributed by atoms with Crippen molar-refractivity contribution in [3.05, 3.63) is 29.8 Å². The number of nitrogens with one attached hydrogen (secondary N) is 1. The molecule has 1 N–H and O–H groups in total. The molecule has 1 aliphatic carbocycles. The first-order chi connectivity index (χ1) is 10.1. The SMILES string of the molecule is CCNCc1ccccc1S(=O)(=O)N1CC2CCCC2C1. The summed E-state index contributed by atoms with van der Waals surface area (Å²) in [4.78, 5) is 0.478. The zero-order valence-electron chi connectivity index (χ0n) is 12.6. The Bertz CT molecular complexity index is 588. The minimum Gasteiger partial charge on any atom is -0.313 e. The summed E-state index contributed by atoms with van der Waals surface area (Å²) < 4.78 is 27.6. The molecule has 1 saturated carbocycles. The van der Waals surface area contributed by atoms with E-state index in [-0.39, 0.29) is 0 Å². The average molecular weight is 308 g/mol. The van der Waals surface area contributed by atoms with Crippen LogP contribution in [0.2, 0.25) is 0 Å². The van der Waals surface area contributed by atoms with Crippen molar-refractivity contribution in [1.82, 2.24) is 9.62 Å². The number of hydrogen-bond donors (Lipinski definition) is 1. The van der Waals surface area contributed by atoms with E-state index in [1.54, 1.807) is 10.4 Å². The molecule has 1 aromatic carbocycles. The molecule has 1 heterocycles. The van der Waals surface area contributed by atoms with Crippen LogP contribution in [0, 0.1) is 11.8 Å². The van der Waals surface area contributed by atoms with Crippen LogP contribution in [0.4, 0.5) is 0 Å². The molecule has 0 radical (unpaired) electrons. The van der Waals surface area contributed by atoms with Gasteiger partial charge in [-0.1, -0.05) is 31.5 Å². The Morgan fingerprint density at radius 1 is 1.19 bits per heavy atom. The Kier molecular flexibility index (Phi) is 4.33. The maximum Gasteiger partial charge on any atom is 0.243 e. The molecule has 0 bridgehead atoms. The number of fused-ring (bicyclic) bond motifs is 1. The van der Waals surface area contributed by atoms with Gasteiger partial charge in [-0.25, -0.2) is 8.42 Å². The van der Waals surface area contributed by atoms with Gasteiger partial charge in [0.05, 0.1) is 4.90 Å². The fraction of sp³-hybridized carbons (Fsp3) is 0.625. The molecule has 2 aliphatic rings. The Hall–Kier alpha value is -0.910. The molecule has 1 saturated heterocycles. The first-order valence-corrected chi connectivity index (χ1v) is 9.35. The smallest absolute Gasteiger partial charge is 0.243 e.